The van der Waals surface area contributed by atoms with Gasteiger partial charge < -0.3 is 9.13 Å². The Balaban J connectivity index is 1.01. The molecule has 10 aromatic carbocycles. The first-order valence-corrected chi connectivity index (χ1v) is 29.7. The number of hydrogen-bond acceptors (Lipinski definition) is 4. The second-order valence-corrected chi connectivity index (χ2v) is 22.2. The Labute approximate surface area is 517 Å². The lowest BCUT2D eigenvalue weighted by Gasteiger charge is -2.20. The van der Waals surface area contributed by atoms with Crippen LogP contribution in [0.2, 0.25) is 0 Å². The van der Waals surface area contributed by atoms with Crippen molar-refractivity contribution in [3.8, 4) is 112 Å². The molecule has 0 saturated carbocycles. The SMILES string of the molecule is [C-]#[N+]c1cc(-n2c3ccc(-c4cccnc4-c4ccccc4)cc3c3cc(-c4cccnc4-c4ccccc4)ccc32)c(-n2c3ccc(-c4cccnc4-c4ccccc4)cc3c3cc(-c4cccnc4-c4ccccc4)ccc32)cc1-c1c(F)cccc1F. The van der Waals surface area contributed by atoms with Gasteiger partial charge in [0.1, 0.15) is 11.6 Å². The molecule has 0 aliphatic rings. The minimum atomic E-state index is -0.779. The van der Waals surface area contributed by atoms with Gasteiger partial charge in [0.25, 0.3) is 0 Å². The fourth-order valence-corrected chi connectivity index (χ4v) is 13.1. The number of halogens is 2. The smallest absolute Gasteiger partial charge is 0.197 e. The van der Waals surface area contributed by atoms with Crippen molar-refractivity contribution >= 4 is 49.3 Å². The van der Waals surface area contributed by atoms with Crippen LogP contribution in [0.1, 0.15) is 0 Å². The van der Waals surface area contributed by atoms with Crippen molar-refractivity contribution < 1.29 is 8.78 Å². The number of benzene rings is 10. The molecule has 0 aliphatic heterocycles. The largest absolute Gasteiger partial charge is 0.308 e. The first kappa shape index (κ1) is 53.2. The summed E-state index contributed by atoms with van der Waals surface area (Å²) in [6.07, 6.45) is 7.30. The minimum absolute atomic E-state index is 0.0760. The quantitative estimate of drug-likeness (QED) is 0.121. The average molecular weight is 1160 g/mol. The Morgan fingerprint density at radius 3 is 0.878 bits per heavy atom. The molecule has 0 saturated heterocycles. The van der Waals surface area contributed by atoms with E-state index in [1.165, 1.54) is 18.2 Å². The van der Waals surface area contributed by atoms with Gasteiger partial charge in [-0.05, 0) is 125 Å². The molecule has 0 fully saturated rings. The lowest BCUT2D eigenvalue weighted by molar-refractivity contribution is 0.590. The molecule has 0 amide bonds. The van der Waals surface area contributed by atoms with Crippen molar-refractivity contribution in [3.63, 3.8) is 0 Å². The van der Waals surface area contributed by atoms with Crippen molar-refractivity contribution in [3.05, 3.63) is 321 Å². The zero-order valence-electron chi connectivity index (χ0n) is 48.2. The average Bonchev–Trinajstić information content (AvgIpc) is 1.56. The predicted molar refractivity (Wildman–Crippen MR) is 361 cm³/mol. The van der Waals surface area contributed by atoms with E-state index in [-0.39, 0.29) is 16.8 Å². The Morgan fingerprint density at radius 2 is 0.578 bits per heavy atom. The van der Waals surface area contributed by atoms with E-state index >= 15 is 8.78 Å². The molecule has 0 atom stereocenters. The van der Waals surface area contributed by atoms with E-state index in [2.05, 4.69) is 160 Å². The van der Waals surface area contributed by atoms with Gasteiger partial charge >= 0.3 is 0 Å². The fourth-order valence-electron chi connectivity index (χ4n) is 13.1. The molecule has 16 rings (SSSR count). The monoisotopic (exact) mass is 1160 g/mol. The second-order valence-electron chi connectivity index (χ2n) is 22.2. The maximum atomic E-state index is 16.6. The normalized spacial score (nSPS) is 11.4. The molecule has 90 heavy (non-hydrogen) atoms. The summed E-state index contributed by atoms with van der Waals surface area (Å²) in [4.78, 5) is 23.9. The summed E-state index contributed by atoms with van der Waals surface area (Å²) in [6.45, 7) is 8.87. The van der Waals surface area contributed by atoms with Gasteiger partial charge in [0, 0.05) is 96.4 Å². The molecule has 0 N–H and O–H groups in total. The van der Waals surface area contributed by atoms with Gasteiger partial charge in [-0.2, -0.15) is 0 Å². The third kappa shape index (κ3) is 9.09. The van der Waals surface area contributed by atoms with Gasteiger partial charge in [0.2, 0.25) is 0 Å². The van der Waals surface area contributed by atoms with Crippen LogP contribution >= 0.6 is 0 Å². The summed E-state index contributed by atoms with van der Waals surface area (Å²) in [5, 5.41) is 3.71. The molecule has 6 aromatic heterocycles. The number of nitrogens with zero attached hydrogens (tertiary/aromatic N) is 7. The van der Waals surface area contributed by atoms with Crippen LogP contribution in [0.4, 0.5) is 14.5 Å². The summed E-state index contributed by atoms with van der Waals surface area (Å²) in [6, 6.07) is 90.4. The molecule has 422 valence electrons. The molecular formula is C81H49F2N7. The summed E-state index contributed by atoms with van der Waals surface area (Å²) in [5.41, 5.74) is 19.4. The topological polar surface area (TPSA) is 65.8 Å². The maximum Gasteiger partial charge on any atom is 0.197 e. The van der Waals surface area contributed by atoms with Gasteiger partial charge in [0.15, 0.2) is 5.69 Å². The van der Waals surface area contributed by atoms with Crippen molar-refractivity contribution in [2.75, 3.05) is 0 Å². The number of hydrogen-bond donors (Lipinski definition) is 0. The van der Waals surface area contributed by atoms with E-state index in [1.54, 1.807) is 12.1 Å². The van der Waals surface area contributed by atoms with Crippen LogP contribution in [-0.2, 0) is 0 Å². The van der Waals surface area contributed by atoms with Gasteiger partial charge in [0.05, 0.1) is 62.8 Å². The summed E-state index contributed by atoms with van der Waals surface area (Å²) < 4.78 is 37.6. The Bertz CT molecular complexity index is 5220. The molecule has 7 nitrogen and oxygen atoms in total. The van der Waals surface area contributed by atoms with Crippen LogP contribution in [0.5, 0.6) is 0 Å². The maximum absolute atomic E-state index is 16.6. The number of rotatable bonds is 11. The zero-order valence-corrected chi connectivity index (χ0v) is 48.2. The summed E-state index contributed by atoms with van der Waals surface area (Å²) in [5.74, 6) is -1.56. The predicted octanol–water partition coefficient (Wildman–Crippen LogP) is 21.3. The van der Waals surface area contributed by atoms with Crippen LogP contribution in [-0.4, -0.2) is 29.1 Å². The summed E-state index contributed by atoms with van der Waals surface area (Å²) in [7, 11) is 0. The van der Waals surface area contributed by atoms with Crippen LogP contribution in [0.15, 0.2) is 298 Å². The van der Waals surface area contributed by atoms with Gasteiger partial charge in [-0.25, -0.2) is 13.6 Å². The lowest BCUT2D eigenvalue weighted by Crippen LogP contribution is -2.05. The van der Waals surface area contributed by atoms with E-state index < -0.39 is 11.6 Å². The molecule has 6 heterocycles. The second kappa shape index (κ2) is 22.2. The van der Waals surface area contributed by atoms with Crippen LogP contribution in [0.3, 0.4) is 0 Å². The molecule has 0 unspecified atom stereocenters. The van der Waals surface area contributed by atoms with Crippen LogP contribution in [0.25, 0.3) is 160 Å². The van der Waals surface area contributed by atoms with Crippen LogP contribution < -0.4 is 0 Å². The highest BCUT2D eigenvalue weighted by Gasteiger charge is 2.27. The van der Waals surface area contributed by atoms with Gasteiger partial charge in [-0.1, -0.05) is 176 Å². The first-order chi connectivity index (χ1) is 44.5. The fraction of sp³-hybridized carbons (Fsp3) is 0. The summed E-state index contributed by atoms with van der Waals surface area (Å²) >= 11 is 0. The van der Waals surface area contributed by atoms with Gasteiger partial charge in [-0.15, -0.1) is 0 Å². The standard InChI is InChI=1S/C81H49F2N7/c1-84-70-50-76(90-73-39-35-57(61-29-17-43-87-80(61)53-23-10-4-11-24-53)47-65(73)66-48-58(36-40-74(66)90)62-30-18-44-88-81(62)54-25-12-5-13-26-54)75(49-67(70)77-68(82)31-14-32-69(77)83)89-71-37-33-55(59-27-15-41-85-78(59)51-19-6-2-7-20-51)45-63(71)64-46-56(34-38-72(64)89)60-28-16-42-86-79(60)52-21-8-3-9-22-52/h2-50H. The third-order valence-corrected chi connectivity index (χ3v) is 17.1. The highest BCUT2D eigenvalue weighted by atomic mass is 19.1. The highest BCUT2D eigenvalue weighted by molar-refractivity contribution is 6.15. The molecule has 16 aromatic rings. The first-order valence-electron chi connectivity index (χ1n) is 29.7. The molecule has 0 bridgehead atoms. The number of fused-ring (bicyclic) bond motifs is 6. The molecule has 0 radical (unpaired) electrons. The van der Waals surface area contributed by atoms with Gasteiger partial charge in [-0.3, -0.25) is 19.9 Å². The number of aromatic nitrogens is 6. The van der Waals surface area contributed by atoms with Crippen molar-refractivity contribution in [2.45, 2.75) is 0 Å². The van der Waals surface area contributed by atoms with E-state index in [0.717, 1.165) is 133 Å². The van der Waals surface area contributed by atoms with Crippen molar-refractivity contribution in [1.82, 2.24) is 29.1 Å². The Kier molecular flexibility index (Phi) is 13.2. The van der Waals surface area contributed by atoms with E-state index in [9.17, 15) is 0 Å². The van der Waals surface area contributed by atoms with E-state index in [0.29, 0.717) is 11.4 Å². The van der Waals surface area contributed by atoms with E-state index in [4.69, 9.17) is 26.5 Å². The zero-order chi connectivity index (χ0) is 60.2. The van der Waals surface area contributed by atoms with E-state index in [1.807, 2.05) is 122 Å². The minimum Gasteiger partial charge on any atom is -0.308 e. The van der Waals surface area contributed by atoms with Crippen molar-refractivity contribution in [2.24, 2.45) is 0 Å². The Hall–Kier alpha value is -12.3. The number of pyridine rings is 4. The highest BCUT2D eigenvalue weighted by Crippen LogP contribution is 2.48. The molecule has 9 heteroatoms. The van der Waals surface area contributed by atoms with Crippen molar-refractivity contribution in [1.29, 1.82) is 0 Å². The third-order valence-electron chi connectivity index (χ3n) is 17.1. The molecule has 0 aliphatic carbocycles. The Morgan fingerprint density at radius 1 is 0.278 bits per heavy atom. The van der Waals surface area contributed by atoms with Crippen LogP contribution in [0, 0.1) is 18.2 Å². The molecular weight excluding hydrogens is 1110 g/mol. The lowest BCUT2D eigenvalue weighted by atomic mass is 9.96. The molecule has 0 spiro atoms.